The minimum absolute atomic E-state index is 0.367. The third-order valence-corrected chi connectivity index (χ3v) is 2.21. The fourth-order valence-electron chi connectivity index (χ4n) is 1.33. The van der Waals surface area contributed by atoms with E-state index in [-0.39, 0.29) is 0 Å². The predicted octanol–water partition coefficient (Wildman–Crippen LogP) is 2.07. The van der Waals surface area contributed by atoms with Gasteiger partial charge in [-0.3, -0.25) is 4.98 Å². The summed E-state index contributed by atoms with van der Waals surface area (Å²) in [7, 11) is 1.31. The third-order valence-electron chi connectivity index (χ3n) is 2.21. The largest absolute Gasteiger partial charge is 0.465 e. The zero-order valence-corrected chi connectivity index (χ0v) is 9.05. The topological polar surface area (TPSA) is 52.1 Å². The number of halogens is 1. The highest BCUT2D eigenvalue weighted by Gasteiger charge is 2.06. The van der Waals surface area contributed by atoms with E-state index in [0.717, 1.165) is 0 Å². The summed E-state index contributed by atoms with van der Waals surface area (Å²) in [5.74, 6) is -0.985. The molecule has 0 N–H and O–H groups in total. The molecule has 0 saturated carbocycles. The summed E-state index contributed by atoms with van der Waals surface area (Å²) >= 11 is 0. The minimum Gasteiger partial charge on any atom is -0.465 e. The second kappa shape index (κ2) is 4.69. The molecule has 0 aromatic carbocycles. The summed E-state index contributed by atoms with van der Waals surface area (Å²) in [6, 6.07) is 6.08. The molecule has 0 bridgehead atoms. The zero-order valence-electron chi connectivity index (χ0n) is 9.05. The number of carbonyl (C=O) groups excluding carboxylic acids is 1. The molecule has 0 unspecified atom stereocenters. The van der Waals surface area contributed by atoms with Gasteiger partial charge in [0.05, 0.1) is 18.4 Å². The van der Waals surface area contributed by atoms with Crippen LogP contribution >= 0.6 is 0 Å². The highest BCUT2D eigenvalue weighted by Crippen LogP contribution is 2.16. The Balaban J connectivity index is 2.29. The number of hydrogen-bond acceptors (Lipinski definition) is 4. The molecular formula is C12H9FN2O2. The van der Waals surface area contributed by atoms with Gasteiger partial charge in [-0.25, -0.2) is 9.78 Å². The first-order valence-electron chi connectivity index (χ1n) is 4.87. The van der Waals surface area contributed by atoms with Gasteiger partial charge in [0.25, 0.3) is 0 Å². The highest BCUT2D eigenvalue weighted by molar-refractivity contribution is 5.89. The molecule has 0 aliphatic carbocycles. The van der Waals surface area contributed by atoms with Gasteiger partial charge in [-0.05, 0) is 24.3 Å². The first-order valence-corrected chi connectivity index (χ1v) is 4.87. The molecule has 0 saturated heterocycles. The number of carbonyl (C=O) groups is 1. The summed E-state index contributed by atoms with van der Waals surface area (Å²) in [5.41, 5.74) is 1.67. The average molecular weight is 232 g/mol. The maximum atomic E-state index is 12.6. The van der Waals surface area contributed by atoms with Gasteiger partial charge in [0, 0.05) is 18.0 Å². The fourth-order valence-corrected chi connectivity index (χ4v) is 1.33. The van der Waals surface area contributed by atoms with Gasteiger partial charge in [-0.1, -0.05) is 0 Å². The molecule has 2 aromatic heterocycles. The molecule has 2 aromatic rings. The lowest BCUT2D eigenvalue weighted by atomic mass is 10.1. The summed E-state index contributed by atoms with van der Waals surface area (Å²) in [6.45, 7) is 0. The Morgan fingerprint density at radius 2 is 2.00 bits per heavy atom. The van der Waals surface area contributed by atoms with Crippen molar-refractivity contribution >= 4 is 5.97 Å². The smallest absolute Gasteiger partial charge is 0.339 e. The van der Waals surface area contributed by atoms with Gasteiger partial charge in [0.1, 0.15) is 0 Å². The van der Waals surface area contributed by atoms with Crippen LogP contribution in [0.2, 0.25) is 0 Å². The van der Waals surface area contributed by atoms with Crippen molar-refractivity contribution in [3.8, 4) is 11.3 Å². The monoisotopic (exact) mass is 232 g/mol. The SMILES string of the molecule is COC(=O)c1ccc(-c2ccc(F)nc2)nc1. The standard InChI is InChI=1S/C12H9FN2O2/c1-17-12(16)9-2-4-10(14-7-9)8-3-5-11(13)15-6-8/h2-7H,1H3. The Kier molecular flexibility index (Phi) is 3.09. The van der Waals surface area contributed by atoms with Gasteiger partial charge >= 0.3 is 5.97 Å². The third kappa shape index (κ3) is 2.44. The van der Waals surface area contributed by atoms with Crippen LogP contribution in [-0.4, -0.2) is 23.0 Å². The molecule has 0 atom stereocenters. The molecule has 0 spiro atoms. The van der Waals surface area contributed by atoms with E-state index in [4.69, 9.17) is 0 Å². The highest BCUT2D eigenvalue weighted by atomic mass is 19.1. The average Bonchev–Trinajstić information content (AvgIpc) is 2.39. The van der Waals surface area contributed by atoms with Crippen molar-refractivity contribution in [1.29, 1.82) is 0 Å². The molecule has 0 amide bonds. The lowest BCUT2D eigenvalue weighted by Gasteiger charge is -2.02. The molecule has 0 fully saturated rings. The van der Waals surface area contributed by atoms with E-state index in [9.17, 15) is 9.18 Å². The lowest BCUT2D eigenvalue weighted by Crippen LogP contribution is -2.01. The van der Waals surface area contributed by atoms with Crippen molar-refractivity contribution in [2.24, 2.45) is 0 Å². The predicted molar refractivity (Wildman–Crippen MR) is 58.8 cm³/mol. The number of aromatic nitrogens is 2. The van der Waals surface area contributed by atoms with Crippen molar-refractivity contribution in [2.75, 3.05) is 7.11 Å². The summed E-state index contributed by atoms with van der Waals surface area (Å²) in [5, 5.41) is 0. The maximum absolute atomic E-state index is 12.6. The number of nitrogens with zero attached hydrogens (tertiary/aromatic N) is 2. The molecule has 0 aliphatic rings. The summed E-state index contributed by atoms with van der Waals surface area (Å²) in [6.07, 6.45) is 2.79. The van der Waals surface area contributed by atoms with Crippen molar-refractivity contribution in [2.45, 2.75) is 0 Å². The molecule has 4 nitrogen and oxygen atoms in total. The van der Waals surface area contributed by atoms with Crippen LogP contribution in [0.3, 0.4) is 0 Å². The number of methoxy groups -OCH3 is 1. The summed E-state index contributed by atoms with van der Waals surface area (Å²) in [4.78, 5) is 18.8. The second-order valence-corrected chi connectivity index (χ2v) is 3.29. The van der Waals surface area contributed by atoms with E-state index >= 15 is 0 Å². The Morgan fingerprint density at radius 1 is 1.18 bits per heavy atom. The second-order valence-electron chi connectivity index (χ2n) is 3.29. The van der Waals surface area contributed by atoms with Crippen LogP contribution in [0.25, 0.3) is 11.3 Å². The van der Waals surface area contributed by atoms with Crippen LogP contribution in [0, 0.1) is 5.95 Å². The Hall–Kier alpha value is -2.30. The molecular weight excluding hydrogens is 223 g/mol. The normalized spacial score (nSPS) is 10.0. The Labute approximate surface area is 97.1 Å². The van der Waals surface area contributed by atoms with Gasteiger partial charge in [0.2, 0.25) is 5.95 Å². The Bertz CT molecular complexity index is 523. The fraction of sp³-hybridized carbons (Fsp3) is 0.0833. The van der Waals surface area contributed by atoms with Crippen molar-refractivity contribution in [3.63, 3.8) is 0 Å². The Morgan fingerprint density at radius 3 is 2.53 bits per heavy atom. The van der Waals surface area contributed by atoms with Crippen LogP contribution < -0.4 is 0 Å². The van der Waals surface area contributed by atoms with Crippen molar-refractivity contribution < 1.29 is 13.9 Å². The maximum Gasteiger partial charge on any atom is 0.339 e. The number of esters is 1. The van der Waals surface area contributed by atoms with Gasteiger partial charge in [-0.2, -0.15) is 4.39 Å². The van der Waals surface area contributed by atoms with Crippen LogP contribution in [0.15, 0.2) is 36.7 Å². The number of ether oxygens (including phenoxy) is 1. The molecule has 0 aliphatic heterocycles. The number of hydrogen-bond donors (Lipinski definition) is 0. The van der Waals surface area contributed by atoms with Crippen LogP contribution in [0.1, 0.15) is 10.4 Å². The van der Waals surface area contributed by atoms with Crippen molar-refractivity contribution in [1.82, 2.24) is 9.97 Å². The van der Waals surface area contributed by atoms with E-state index in [1.807, 2.05) is 0 Å². The molecule has 2 rings (SSSR count). The van der Waals surface area contributed by atoms with E-state index < -0.39 is 11.9 Å². The molecule has 2 heterocycles. The van der Waals surface area contributed by atoms with Gasteiger partial charge < -0.3 is 4.74 Å². The molecule has 17 heavy (non-hydrogen) atoms. The molecule has 86 valence electrons. The number of rotatable bonds is 2. The van der Waals surface area contributed by atoms with Crippen LogP contribution in [0.5, 0.6) is 0 Å². The first-order chi connectivity index (χ1) is 8.20. The van der Waals surface area contributed by atoms with Crippen molar-refractivity contribution in [3.05, 3.63) is 48.2 Å². The van der Waals surface area contributed by atoms with E-state index in [1.54, 1.807) is 18.2 Å². The first kappa shape index (κ1) is 11.2. The van der Waals surface area contributed by atoms with Crippen LogP contribution in [-0.2, 0) is 4.74 Å². The quantitative estimate of drug-likeness (QED) is 0.587. The van der Waals surface area contributed by atoms with Gasteiger partial charge in [-0.15, -0.1) is 0 Å². The van der Waals surface area contributed by atoms with E-state index in [0.29, 0.717) is 16.8 Å². The molecule has 5 heteroatoms. The van der Waals surface area contributed by atoms with Crippen LogP contribution in [0.4, 0.5) is 4.39 Å². The number of pyridine rings is 2. The minimum atomic E-state index is -0.542. The molecule has 0 radical (unpaired) electrons. The van der Waals surface area contributed by atoms with E-state index in [2.05, 4.69) is 14.7 Å². The lowest BCUT2D eigenvalue weighted by molar-refractivity contribution is 0.0600. The van der Waals surface area contributed by atoms with Gasteiger partial charge in [0.15, 0.2) is 0 Å². The zero-order chi connectivity index (χ0) is 12.3. The van der Waals surface area contributed by atoms with E-state index in [1.165, 1.54) is 25.6 Å². The summed E-state index contributed by atoms with van der Waals surface area (Å²) < 4.78 is 17.2.